The highest BCUT2D eigenvalue weighted by molar-refractivity contribution is 9.10. The van der Waals surface area contributed by atoms with Crippen LogP contribution < -0.4 is 20.5 Å². The Morgan fingerprint density at radius 1 is 1.21 bits per heavy atom. The van der Waals surface area contributed by atoms with Crippen LogP contribution in [0.3, 0.4) is 0 Å². The van der Waals surface area contributed by atoms with Crippen LogP contribution in [-0.4, -0.2) is 23.0 Å². The summed E-state index contributed by atoms with van der Waals surface area (Å²) in [7, 11) is 0. The minimum Gasteiger partial charge on any atom is -0.490 e. The number of nitrogens with one attached hydrogen (secondary N) is 2. The van der Waals surface area contributed by atoms with E-state index in [4.69, 9.17) is 21.1 Å². The van der Waals surface area contributed by atoms with Crippen LogP contribution in [-0.2, 0) is 6.61 Å². The molecule has 1 aromatic heterocycles. The highest BCUT2D eigenvalue weighted by atomic mass is 79.9. The topological polar surface area (TPSA) is 88.6 Å². The van der Waals surface area contributed by atoms with Gasteiger partial charge >= 0.3 is 0 Å². The lowest BCUT2D eigenvalue weighted by Gasteiger charge is -2.12. The Kier molecular flexibility index (Phi) is 7.26. The summed E-state index contributed by atoms with van der Waals surface area (Å²) in [5, 5.41) is 10.00. The van der Waals surface area contributed by atoms with Crippen molar-refractivity contribution in [3.63, 3.8) is 0 Å². The number of nitrogens with zero attached hydrogens (tertiary/aromatic N) is 2. The van der Waals surface area contributed by atoms with E-state index in [0.29, 0.717) is 30.4 Å². The van der Waals surface area contributed by atoms with Gasteiger partial charge in [-0.1, -0.05) is 39.7 Å². The van der Waals surface area contributed by atoms with Crippen molar-refractivity contribution in [2.45, 2.75) is 13.5 Å². The molecule has 0 radical (unpaired) electrons. The van der Waals surface area contributed by atoms with Gasteiger partial charge in [-0.15, -0.1) is 0 Å². The van der Waals surface area contributed by atoms with E-state index in [0.717, 1.165) is 15.6 Å². The summed E-state index contributed by atoms with van der Waals surface area (Å²) in [6.07, 6.45) is 2.96. The van der Waals surface area contributed by atoms with Gasteiger partial charge in [0.1, 0.15) is 17.3 Å². The first-order valence-electron chi connectivity index (χ1n) is 8.73. The molecule has 3 rings (SSSR count). The van der Waals surface area contributed by atoms with Gasteiger partial charge in [0.25, 0.3) is 5.56 Å². The van der Waals surface area contributed by atoms with Gasteiger partial charge in [0, 0.05) is 4.47 Å². The molecule has 150 valence electrons. The summed E-state index contributed by atoms with van der Waals surface area (Å²) in [4.78, 5) is 11.4. The van der Waals surface area contributed by atoms with Gasteiger partial charge < -0.3 is 9.47 Å². The molecule has 0 spiro atoms. The summed E-state index contributed by atoms with van der Waals surface area (Å²) in [5.41, 5.74) is 4.35. The Labute approximate surface area is 180 Å². The zero-order valence-electron chi connectivity index (χ0n) is 15.5. The van der Waals surface area contributed by atoms with E-state index in [1.54, 1.807) is 6.21 Å². The first-order valence-corrected chi connectivity index (χ1v) is 9.90. The van der Waals surface area contributed by atoms with E-state index >= 15 is 0 Å². The molecule has 2 aromatic carbocycles. The largest absolute Gasteiger partial charge is 0.490 e. The third-order valence-corrected chi connectivity index (χ3v) is 4.67. The van der Waals surface area contributed by atoms with Crippen LogP contribution in [0.2, 0.25) is 5.02 Å². The second-order valence-corrected chi connectivity index (χ2v) is 7.14. The number of rotatable bonds is 8. The number of hydrazone groups is 1. The second kappa shape index (κ2) is 10.1. The molecule has 0 bridgehead atoms. The molecule has 0 atom stereocenters. The molecular formula is C20H18BrClN4O3. The number of halogens is 2. The summed E-state index contributed by atoms with van der Waals surface area (Å²) < 4.78 is 12.6. The van der Waals surface area contributed by atoms with Crippen molar-refractivity contribution in [3.8, 4) is 11.5 Å². The molecule has 0 amide bonds. The predicted molar refractivity (Wildman–Crippen MR) is 117 cm³/mol. The molecule has 0 unspecified atom stereocenters. The van der Waals surface area contributed by atoms with Gasteiger partial charge in [-0.2, -0.15) is 10.2 Å². The lowest BCUT2D eigenvalue weighted by molar-refractivity contribution is 0.269. The van der Waals surface area contributed by atoms with Crippen molar-refractivity contribution in [1.82, 2.24) is 10.2 Å². The molecule has 2 N–H and O–H groups in total. The first kappa shape index (κ1) is 20.9. The predicted octanol–water partition coefficient (Wildman–Crippen LogP) is 4.61. The van der Waals surface area contributed by atoms with Crippen molar-refractivity contribution in [2.75, 3.05) is 12.0 Å². The Balaban J connectivity index is 1.70. The summed E-state index contributed by atoms with van der Waals surface area (Å²) in [5.74, 6) is 1.26. The van der Waals surface area contributed by atoms with Crippen LogP contribution in [0.15, 0.2) is 63.0 Å². The first-order chi connectivity index (χ1) is 14.1. The fourth-order valence-corrected chi connectivity index (χ4v) is 2.77. The molecule has 0 aliphatic rings. The zero-order chi connectivity index (χ0) is 20.6. The molecule has 3 aromatic rings. The van der Waals surface area contributed by atoms with E-state index in [9.17, 15) is 4.79 Å². The van der Waals surface area contributed by atoms with Crippen molar-refractivity contribution < 1.29 is 9.47 Å². The zero-order valence-corrected chi connectivity index (χ0v) is 17.8. The highest BCUT2D eigenvalue weighted by Crippen LogP contribution is 2.29. The molecule has 0 saturated heterocycles. The molecule has 7 nitrogen and oxygen atoms in total. The average molecular weight is 478 g/mol. The Bertz CT molecular complexity index is 1050. The normalized spacial score (nSPS) is 10.9. The molecule has 0 aliphatic carbocycles. The van der Waals surface area contributed by atoms with Crippen LogP contribution in [0.5, 0.6) is 11.5 Å². The quantitative estimate of drug-likeness (QED) is 0.365. The van der Waals surface area contributed by atoms with Gasteiger partial charge in [-0.25, -0.2) is 5.10 Å². The van der Waals surface area contributed by atoms with E-state index in [1.165, 1.54) is 6.20 Å². The molecule has 0 saturated carbocycles. The number of hydrogen-bond donors (Lipinski definition) is 2. The number of hydrogen-bond acceptors (Lipinski definition) is 6. The maximum absolute atomic E-state index is 11.4. The minimum absolute atomic E-state index is 0.0103. The number of H-pyrrole nitrogens is 1. The van der Waals surface area contributed by atoms with Crippen molar-refractivity contribution in [2.24, 2.45) is 5.10 Å². The van der Waals surface area contributed by atoms with Crippen LogP contribution in [0.4, 0.5) is 5.69 Å². The minimum atomic E-state index is -0.488. The molecule has 0 aliphatic heterocycles. The number of anilines is 1. The average Bonchev–Trinajstić information content (AvgIpc) is 2.72. The molecule has 29 heavy (non-hydrogen) atoms. The van der Waals surface area contributed by atoms with Gasteiger partial charge in [-0.05, 0) is 48.4 Å². The highest BCUT2D eigenvalue weighted by Gasteiger charge is 2.07. The van der Waals surface area contributed by atoms with Gasteiger partial charge in [0.15, 0.2) is 11.5 Å². The van der Waals surface area contributed by atoms with Gasteiger partial charge in [-0.3, -0.25) is 10.2 Å². The Morgan fingerprint density at radius 2 is 2.00 bits per heavy atom. The van der Waals surface area contributed by atoms with Crippen LogP contribution >= 0.6 is 27.5 Å². The van der Waals surface area contributed by atoms with Crippen molar-refractivity contribution >= 4 is 39.4 Å². The van der Waals surface area contributed by atoms with E-state index in [-0.39, 0.29) is 5.02 Å². The fraction of sp³-hybridized carbons (Fsp3) is 0.150. The summed E-state index contributed by atoms with van der Waals surface area (Å²) in [6.45, 7) is 2.83. The van der Waals surface area contributed by atoms with Crippen LogP contribution in [0, 0.1) is 0 Å². The standard InChI is InChI=1S/C20H18BrClN4O3/c1-2-28-18-9-14(10-23-25-16-11-24-26-20(27)19(16)22)5-8-17(18)29-12-13-3-6-15(21)7-4-13/h3-11H,2,12H2,1H3,(H2,25,26,27)/b23-10+. The van der Waals surface area contributed by atoms with Crippen LogP contribution in [0.25, 0.3) is 0 Å². The van der Waals surface area contributed by atoms with E-state index < -0.39 is 5.56 Å². The van der Waals surface area contributed by atoms with E-state index in [1.807, 2.05) is 49.4 Å². The lowest BCUT2D eigenvalue weighted by Crippen LogP contribution is -2.10. The third-order valence-electron chi connectivity index (χ3n) is 3.77. The summed E-state index contributed by atoms with van der Waals surface area (Å²) >= 11 is 9.32. The SMILES string of the molecule is CCOc1cc(/C=N/Nc2cn[nH]c(=O)c2Cl)ccc1OCc1ccc(Br)cc1. The maximum Gasteiger partial charge on any atom is 0.285 e. The number of aromatic nitrogens is 2. The molecule has 0 fully saturated rings. The van der Waals surface area contributed by atoms with Gasteiger partial charge in [0.2, 0.25) is 0 Å². The van der Waals surface area contributed by atoms with Crippen molar-refractivity contribution in [3.05, 3.63) is 79.6 Å². The summed E-state index contributed by atoms with van der Waals surface area (Å²) in [6, 6.07) is 13.4. The van der Waals surface area contributed by atoms with Crippen LogP contribution in [0.1, 0.15) is 18.1 Å². The number of ether oxygens (including phenoxy) is 2. The molecule has 9 heteroatoms. The third kappa shape index (κ3) is 5.82. The second-order valence-electron chi connectivity index (χ2n) is 5.85. The molecular weight excluding hydrogens is 460 g/mol. The smallest absolute Gasteiger partial charge is 0.285 e. The number of benzene rings is 2. The fourth-order valence-electron chi connectivity index (χ4n) is 2.37. The Hall–Kier alpha value is -2.84. The number of aromatic amines is 1. The monoisotopic (exact) mass is 476 g/mol. The van der Waals surface area contributed by atoms with E-state index in [2.05, 4.69) is 36.7 Å². The lowest BCUT2D eigenvalue weighted by atomic mass is 10.2. The van der Waals surface area contributed by atoms with Crippen molar-refractivity contribution in [1.29, 1.82) is 0 Å². The maximum atomic E-state index is 11.4. The van der Waals surface area contributed by atoms with Gasteiger partial charge in [0.05, 0.1) is 19.0 Å². The molecule has 1 heterocycles. The Morgan fingerprint density at radius 3 is 2.76 bits per heavy atom.